The van der Waals surface area contributed by atoms with Crippen LogP contribution in [-0.2, 0) is 0 Å². The van der Waals surface area contributed by atoms with E-state index in [1.54, 1.807) is 12.1 Å². The number of hydrogen-bond donors (Lipinski definition) is 0. The standard InChI is InChI=1S/C15H6ClNO5/c16-15(20)10-6-5-9-11(12(10)17(21)22)14(19)8-4-2-1-3-7(8)13(9)18/h1-6H. The van der Waals surface area contributed by atoms with Crippen molar-refractivity contribution in [2.75, 3.05) is 0 Å². The van der Waals surface area contributed by atoms with Gasteiger partial charge >= 0.3 is 0 Å². The molecule has 6 nitrogen and oxygen atoms in total. The average molecular weight is 316 g/mol. The molecule has 0 aliphatic heterocycles. The van der Waals surface area contributed by atoms with Crippen LogP contribution in [-0.4, -0.2) is 21.7 Å². The molecule has 1 aliphatic rings. The molecule has 0 atom stereocenters. The summed E-state index contributed by atoms with van der Waals surface area (Å²) in [6, 6.07) is 8.35. The monoisotopic (exact) mass is 315 g/mol. The van der Waals surface area contributed by atoms with Crippen LogP contribution in [0, 0.1) is 10.1 Å². The van der Waals surface area contributed by atoms with Crippen molar-refractivity contribution in [3.8, 4) is 0 Å². The molecule has 22 heavy (non-hydrogen) atoms. The second-order valence-electron chi connectivity index (χ2n) is 4.62. The van der Waals surface area contributed by atoms with Crippen LogP contribution in [0.25, 0.3) is 0 Å². The maximum atomic E-state index is 12.5. The van der Waals surface area contributed by atoms with Crippen molar-refractivity contribution in [1.82, 2.24) is 0 Å². The number of nitro groups is 1. The van der Waals surface area contributed by atoms with Crippen molar-refractivity contribution in [2.45, 2.75) is 0 Å². The Hall–Kier alpha value is -2.86. The quantitative estimate of drug-likeness (QED) is 0.411. The van der Waals surface area contributed by atoms with E-state index in [9.17, 15) is 24.5 Å². The predicted octanol–water partition coefficient (Wildman–Crippen LogP) is 2.75. The van der Waals surface area contributed by atoms with Gasteiger partial charge in [0.25, 0.3) is 10.9 Å². The van der Waals surface area contributed by atoms with Gasteiger partial charge in [0.2, 0.25) is 5.78 Å². The first-order chi connectivity index (χ1) is 10.4. The van der Waals surface area contributed by atoms with Crippen molar-refractivity contribution in [3.05, 3.63) is 74.3 Å². The molecule has 0 saturated carbocycles. The molecule has 0 spiro atoms. The third-order valence-corrected chi connectivity index (χ3v) is 3.66. The number of ketones is 2. The molecule has 0 radical (unpaired) electrons. The highest BCUT2D eigenvalue weighted by Crippen LogP contribution is 2.35. The number of halogens is 1. The van der Waals surface area contributed by atoms with E-state index in [0.29, 0.717) is 0 Å². The van der Waals surface area contributed by atoms with Crippen molar-refractivity contribution in [2.24, 2.45) is 0 Å². The number of nitrogens with zero attached hydrogens (tertiary/aromatic N) is 1. The van der Waals surface area contributed by atoms with E-state index in [1.165, 1.54) is 18.2 Å². The number of rotatable bonds is 2. The Morgan fingerprint density at radius 3 is 2.09 bits per heavy atom. The summed E-state index contributed by atoms with van der Waals surface area (Å²) in [5, 5.41) is 10.2. The van der Waals surface area contributed by atoms with Crippen LogP contribution in [0.3, 0.4) is 0 Å². The zero-order chi connectivity index (χ0) is 16.0. The maximum Gasteiger partial charge on any atom is 0.293 e. The summed E-state index contributed by atoms with van der Waals surface area (Å²) in [6.07, 6.45) is 0. The van der Waals surface area contributed by atoms with Gasteiger partial charge in [-0.3, -0.25) is 24.5 Å². The molecule has 0 amide bonds. The lowest BCUT2D eigenvalue weighted by Gasteiger charge is -2.17. The summed E-state index contributed by atoms with van der Waals surface area (Å²) in [7, 11) is 0. The lowest BCUT2D eigenvalue weighted by atomic mass is 9.82. The van der Waals surface area contributed by atoms with Crippen LogP contribution in [0.2, 0.25) is 0 Å². The molecule has 0 N–H and O–H groups in total. The van der Waals surface area contributed by atoms with Gasteiger partial charge in [-0.1, -0.05) is 24.3 Å². The van der Waals surface area contributed by atoms with Gasteiger partial charge in [-0.05, 0) is 23.7 Å². The van der Waals surface area contributed by atoms with Crippen LogP contribution in [0.4, 0.5) is 5.69 Å². The minimum atomic E-state index is -1.06. The van der Waals surface area contributed by atoms with E-state index in [2.05, 4.69) is 0 Å². The SMILES string of the molecule is O=C1c2ccccc2C(=O)c2c1ccc(C(=O)Cl)c2[N+](=O)[O-]. The van der Waals surface area contributed by atoms with Gasteiger partial charge in [-0.25, -0.2) is 0 Å². The third-order valence-electron chi connectivity index (χ3n) is 3.46. The minimum absolute atomic E-state index is 0.0715. The van der Waals surface area contributed by atoms with Crippen LogP contribution in [0.1, 0.15) is 42.2 Å². The summed E-state index contributed by atoms with van der Waals surface area (Å²) in [4.78, 5) is 46.7. The molecular formula is C15H6ClNO5. The van der Waals surface area contributed by atoms with Crippen LogP contribution in [0.5, 0.6) is 0 Å². The van der Waals surface area contributed by atoms with Crippen LogP contribution in [0.15, 0.2) is 36.4 Å². The largest absolute Gasteiger partial charge is 0.293 e. The van der Waals surface area contributed by atoms with Gasteiger partial charge in [0, 0.05) is 16.7 Å². The van der Waals surface area contributed by atoms with Gasteiger partial charge in [-0.15, -0.1) is 0 Å². The third kappa shape index (κ3) is 1.85. The number of benzene rings is 2. The lowest BCUT2D eigenvalue weighted by Crippen LogP contribution is -2.23. The Morgan fingerprint density at radius 2 is 1.55 bits per heavy atom. The summed E-state index contributed by atoms with van der Waals surface area (Å²) in [5.74, 6) is -1.17. The lowest BCUT2D eigenvalue weighted by molar-refractivity contribution is -0.385. The van der Waals surface area contributed by atoms with E-state index < -0.39 is 33.0 Å². The molecular weight excluding hydrogens is 310 g/mol. The van der Waals surface area contributed by atoms with E-state index in [-0.39, 0.29) is 22.3 Å². The molecule has 0 aromatic heterocycles. The molecule has 0 bridgehead atoms. The fraction of sp³-hybridized carbons (Fsp3) is 0. The van der Waals surface area contributed by atoms with E-state index in [1.807, 2.05) is 0 Å². The average Bonchev–Trinajstić information content (AvgIpc) is 2.51. The molecule has 2 aromatic carbocycles. The molecule has 2 aromatic rings. The van der Waals surface area contributed by atoms with Gasteiger partial charge in [0.05, 0.1) is 4.92 Å². The molecule has 108 valence electrons. The molecule has 0 heterocycles. The van der Waals surface area contributed by atoms with Crippen LogP contribution >= 0.6 is 11.6 Å². The fourth-order valence-corrected chi connectivity index (χ4v) is 2.67. The van der Waals surface area contributed by atoms with Crippen molar-refractivity contribution in [1.29, 1.82) is 0 Å². The number of nitro benzene ring substituents is 1. The Morgan fingerprint density at radius 1 is 0.955 bits per heavy atom. The van der Waals surface area contributed by atoms with Crippen LogP contribution < -0.4 is 0 Å². The van der Waals surface area contributed by atoms with Crippen molar-refractivity contribution >= 4 is 34.1 Å². The Kier molecular flexibility index (Phi) is 3.11. The first-order valence-corrected chi connectivity index (χ1v) is 6.51. The van der Waals surface area contributed by atoms with Gasteiger partial charge in [0.15, 0.2) is 5.78 Å². The normalized spacial score (nSPS) is 12.6. The maximum absolute atomic E-state index is 12.5. The minimum Gasteiger partial charge on any atom is -0.289 e. The van der Waals surface area contributed by atoms with Crippen molar-refractivity contribution < 1.29 is 19.3 Å². The smallest absolute Gasteiger partial charge is 0.289 e. The Balaban J connectivity index is 2.41. The van der Waals surface area contributed by atoms with E-state index >= 15 is 0 Å². The summed E-state index contributed by atoms with van der Waals surface area (Å²) < 4.78 is 0. The predicted molar refractivity (Wildman–Crippen MR) is 76.6 cm³/mol. The Labute approximate surface area is 128 Å². The second-order valence-corrected chi connectivity index (χ2v) is 4.96. The molecule has 7 heteroatoms. The Bertz CT molecular complexity index is 887. The number of carbonyl (C=O) groups is 3. The molecule has 1 aliphatic carbocycles. The highest BCUT2D eigenvalue weighted by molar-refractivity contribution is 6.68. The fourth-order valence-electron chi connectivity index (χ4n) is 2.52. The van der Waals surface area contributed by atoms with Gasteiger partial charge in [-0.2, -0.15) is 0 Å². The zero-order valence-corrected chi connectivity index (χ0v) is 11.6. The molecule has 0 fully saturated rings. The molecule has 0 unspecified atom stereocenters. The highest BCUT2D eigenvalue weighted by Gasteiger charge is 2.38. The zero-order valence-electron chi connectivity index (χ0n) is 10.8. The topological polar surface area (TPSA) is 94.3 Å². The summed E-state index contributed by atoms with van der Waals surface area (Å²) >= 11 is 5.34. The first-order valence-electron chi connectivity index (χ1n) is 6.13. The molecule has 3 rings (SSSR count). The number of fused-ring (bicyclic) bond motifs is 2. The number of carbonyl (C=O) groups excluding carboxylic acids is 3. The van der Waals surface area contributed by atoms with Crippen molar-refractivity contribution in [3.63, 3.8) is 0 Å². The molecule has 0 saturated heterocycles. The highest BCUT2D eigenvalue weighted by atomic mass is 35.5. The summed E-state index contributed by atoms with van der Waals surface area (Å²) in [5.41, 5.74) is -1.38. The van der Waals surface area contributed by atoms with E-state index in [4.69, 9.17) is 11.6 Å². The first kappa shape index (κ1) is 14.1. The van der Waals surface area contributed by atoms with E-state index in [0.717, 1.165) is 6.07 Å². The van der Waals surface area contributed by atoms with Gasteiger partial charge < -0.3 is 0 Å². The number of hydrogen-bond acceptors (Lipinski definition) is 5. The second kappa shape index (κ2) is 4.85. The van der Waals surface area contributed by atoms with Gasteiger partial charge in [0.1, 0.15) is 11.1 Å². The summed E-state index contributed by atoms with van der Waals surface area (Å²) in [6.45, 7) is 0.